The first-order valence-corrected chi connectivity index (χ1v) is 6.08. The van der Waals surface area contributed by atoms with Gasteiger partial charge in [0.1, 0.15) is 0 Å². The van der Waals surface area contributed by atoms with E-state index in [1.165, 1.54) is 12.1 Å². The second-order valence-electron chi connectivity index (χ2n) is 3.87. The van der Waals surface area contributed by atoms with Gasteiger partial charge in [-0.15, -0.1) is 0 Å². The van der Waals surface area contributed by atoms with Crippen molar-refractivity contribution in [1.82, 2.24) is 4.90 Å². The Labute approximate surface area is 116 Å². The molecule has 0 aliphatic carbocycles. The molecule has 0 radical (unpaired) electrons. The van der Waals surface area contributed by atoms with Crippen LogP contribution in [0, 0.1) is 0 Å². The van der Waals surface area contributed by atoms with Crippen molar-refractivity contribution in [3.05, 3.63) is 27.2 Å². The smallest absolute Gasteiger partial charge is 0.241 e. The number of nitrogens with one attached hydrogen (secondary N) is 1. The fourth-order valence-electron chi connectivity index (χ4n) is 1.09. The Bertz CT molecular complexity index is 435. The molecule has 0 saturated heterocycles. The van der Waals surface area contributed by atoms with E-state index in [1.54, 1.807) is 11.8 Å². The van der Waals surface area contributed by atoms with Gasteiger partial charge >= 0.3 is 0 Å². The van der Waals surface area contributed by atoms with E-state index in [0.717, 1.165) is 0 Å². The summed E-state index contributed by atoms with van der Waals surface area (Å²) < 4.78 is 0. The van der Waals surface area contributed by atoms with Crippen LogP contribution in [0.1, 0.15) is 6.92 Å². The first-order valence-electron chi connectivity index (χ1n) is 4.94. The monoisotopic (exact) mass is 294 g/mol. The number of benzene rings is 1. The van der Waals surface area contributed by atoms with Gasteiger partial charge in [-0.05, 0) is 33.2 Å². The van der Waals surface area contributed by atoms with Crippen LogP contribution < -0.4 is 5.32 Å². The van der Waals surface area contributed by atoms with Gasteiger partial charge in [-0.1, -0.05) is 34.8 Å². The molecule has 0 fully saturated rings. The van der Waals surface area contributed by atoms with E-state index in [-0.39, 0.29) is 11.9 Å². The SMILES string of the molecule is CC(C(=O)Nc1cc(Cl)c(Cl)cc1Cl)N(C)C. The summed E-state index contributed by atoms with van der Waals surface area (Å²) in [5.74, 6) is -0.157. The zero-order chi connectivity index (χ0) is 13.2. The lowest BCUT2D eigenvalue weighted by atomic mass is 10.2. The molecule has 1 rings (SSSR count). The van der Waals surface area contributed by atoms with Crippen molar-refractivity contribution in [2.75, 3.05) is 19.4 Å². The predicted molar refractivity (Wildman–Crippen MR) is 73.3 cm³/mol. The topological polar surface area (TPSA) is 32.3 Å². The second kappa shape index (κ2) is 5.91. The number of hydrogen-bond acceptors (Lipinski definition) is 2. The molecule has 1 amide bonds. The van der Waals surface area contributed by atoms with Crippen LogP contribution in [0.4, 0.5) is 5.69 Å². The Balaban J connectivity index is 2.89. The van der Waals surface area contributed by atoms with Crippen molar-refractivity contribution in [2.24, 2.45) is 0 Å². The minimum Gasteiger partial charge on any atom is -0.323 e. The van der Waals surface area contributed by atoms with Gasteiger partial charge < -0.3 is 5.32 Å². The molecule has 0 heterocycles. The minimum atomic E-state index is -0.263. The molecule has 1 aromatic rings. The highest BCUT2D eigenvalue weighted by molar-refractivity contribution is 6.44. The standard InChI is InChI=1S/C11H13Cl3N2O/c1-6(16(2)3)11(17)15-10-5-8(13)7(12)4-9(10)14/h4-6H,1-3H3,(H,15,17). The molecule has 0 bridgehead atoms. The average Bonchev–Trinajstić information content (AvgIpc) is 2.24. The van der Waals surface area contributed by atoms with E-state index >= 15 is 0 Å². The molecule has 1 atom stereocenters. The van der Waals surface area contributed by atoms with E-state index in [4.69, 9.17) is 34.8 Å². The van der Waals surface area contributed by atoms with Gasteiger partial charge in [-0.25, -0.2) is 0 Å². The van der Waals surface area contributed by atoms with Crippen molar-refractivity contribution in [3.63, 3.8) is 0 Å². The molecule has 0 aromatic heterocycles. The van der Waals surface area contributed by atoms with Crippen LogP contribution >= 0.6 is 34.8 Å². The zero-order valence-electron chi connectivity index (χ0n) is 9.72. The molecule has 0 aliphatic rings. The molecular weight excluding hydrogens is 282 g/mol. The molecule has 0 spiro atoms. The Morgan fingerprint density at radius 2 is 1.71 bits per heavy atom. The number of hydrogen-bond donors (Lipinski definition) is 1. The van der Waals surface area contributed by atoms with Crippen molar-refractivity contribution >= 4 is 46.4 Å². The van der Waals surface area contributed by atoms with E-state index in [2.05, 4.69) is 5.32 Å². The summed E-state index contributed by atoms with van der Waals surface area (Å²) in [4.78, 5) is 13.6. The third-order valence-electron chi connectivity index (χ3n) is 2.42. The Hall–Kier alpha value is -0.480. The third-order valence-corrected chi connectivity index (χ3v) is 3.46. The number of carbonyl (C=O) groups excluding carboxylic acids is 1. The molecule has 6 heteroatoms. The number of anilines is 1. The molecule has 17 heavy (non-hydrogen) atoms. The first kappa shape index (κ1) is 14.6. The Morgan fingerprint density at radius 3 is 2.24 bits per heavy atom. The maximum absolute atomic E-state index is 11.8. The van der Waals surface area contributed by atoms with Crippen molar-refractivity contribution in [2.45, 2.75) is 13.0 Å². The number of carbonyl (C=O) groups is 1. The highest BCUT2D eigenvalue weighted by Gasteiger charge is 2.16. The fraction of sp³-hybridized carbons (Fsp3) is 0.364. The molecular formula is C11H13Cl3N2O. The summed E-state index contributed by atoms with van der Waals surface area (Å²) >= 11 is 17.6. The summed E-state index contributed by atoms with van der Waals surface area (Å²) in [6, 6.07) is 2.77. The number of rotatable bonds is 3. The number of nitrogens with zero attached hydrogens (tertiary/aromatic N) is 1. The van der Waals surface area contributed by atoms with E-state index < -0.39 is 0 Å². The second-order valence-corrected chi connectivity index (χ2v) is 5.10. The molecule has 0 saturated carbocycles. The van der Waals surface area contributed by atoms with Gasteiger partial charge in [-0.3, -0.25) is 9.69 Å². The fourth-order valence-corrected chi connectivity index (χ4v) is 1.68. The van der Waals surface area contributed by atoms with Gasteiger partial charge in [0, 0.05) is 0 Å². The normalized spacial score (nSPS) is 12.6. The maximum atomic E-state index is 11.8. The molecule has 1 N–H and O–H groups in total. The quantitative estimate of drug-likeness (QED) is 0.865. The highest BCUT2D eigenvalue weighted by Crippen LogP contribution is 2.32. The highest BCUT2D eigenvalue weighted by atomic mass is 35.5. The number of halogens is 3. The van der Waals surface area contributed by atoms with Gasteiger partial charge in [0.05, 0.1) is 26.8 Å². The minimum absolute atomic E-state index is 0.157. The van der Waals surface area contributed by atoms with E-state index in [9.17, 15) is 4.79 Å². The molecule has 1 aromatic carbocycles. The van der Waals surface area contributed by atoms with Crippen LogP contribution in [0.25, 0.3) is 0 Å². The van der Waals surface area contributed by atoms with Crippen LogP contribution in [0.2, 0.25) is 15.1 Å². The molecule has 94 valence electrons. The Kier molecular flexibility index (Phi) is 5.07. The maximum Gasteiger partial charge on any atom is 0.241 e. The zero-order valence-corrected chi connectivity index (χ0v) is 12.0. The summed E-state index contributed by atoms with van der Waals surface area (Å²) in [5.41, 5.74) is 0.458. The Morgan fingerprint density at radius 1 is 1.18 bits per heavy atom. The van der Waals surface area contributed by atoms with Crippen LogP contribution in [0.3, 0.4) is 0 Å². The van der Waals surface area contributed by atoms with Crippen LogP contribution in [0.15, 0.2) is 12.1 Å². The summed E-state index contributed by atoms with van der Waals surface area (Å²) in [6.07, 6.45) is 0. The predicted octanol–water partition coefficient (Wildman–Crippen LogP) is 3.54. The molecule has 0 aliphatic heterocycles. The number of likely N-dealkylation sites (N-methyl/N-ethyl adjacent to an activating group) is 1. The van der Waals surface area contributed by atoms with Crippen molar-refractivity contribution in [3.8, 4) is 0 Å². The lowest BCUT2D eigenvalue weighted by molar-refractivity contribution is -0.119. The third kappa shape index (κ3) is 3.75. The summed E-state index contributed by atoms with van der Waals surface area (Å²) in [5, 5.41) is 3.77. The lowest BCUT2D eigenvalue weighted by Crippen LogP contribution is -2.37. The van der Waals surface area contributed by atoms with Crippen LogP contribution in [-0.4, -0.2) is 30.9 Å². The number of amides is 1. The van der Waals surface area contributed by atoms with Gasteiger partial charge in [0.15, 0.2) is 0 Å². The van der Waals surface area contributed by atoms with Crippen molar-refractivity contribution in [1.29, 1.82) is 0 Å². The lowest BCUT2D eigenvalue weighted by Gasteiger charge is -2.19. The van der Waals surface area contributed by atoms with Gasteiger partial charge in [-0.2, -0.15) is 0 Å². The average molecular weight is 296 g/mol. The first-order chi connectivity index (χ1) is 7.82. The van der Waals surface area contributed by atoms with Crippen LogP contribution in [-0.2, 0) is 4.79 Å². The van der Waals surface area contributed by atoms with Gasteiger partial charge in [0.2, 0.25) is 5.91 Å². The molecule has 1 unspecified atom stereocenters. The summed E-state index contributed by atoms with van der Waals surface area (Å²) in [7, 11) is 3.64. The van der Waals surface area contributed by atoms with Crippen LogP contribution in [0.5, 0.6) is 0 Å². The summed E-state index contributed by atoms with van der Waals surface area (Å²) in [6.45, 7) is 1.79. The van der Waals surface area contributed by atoms with Crippen molar-refractivity contribution < 1.29 is 4.79 Å². The largest absolute Gasteiger partial charge is 0.323 e. The van der Waals surface area contributed by atoms with E-state index in [1.807, 2.05) is 14.1 Å². The van der Waals surface area contributed by atoms with Gasteiger partial charge in [0.25, 0.3) is 0 Å². The van der Waals surface area contributed by atoms with E-state index in [0.29, 0.717) is 20.8 Å². The molecule has 3 nitrogen and oxygen atoms in total.